The van der Waals surface area contributed by atoms with E-state index in [-0.39, 0.29) is 11.7 Å². The summed E-state index contributed by atoms with van der Waals surface area (Å²) in [6.45, 7) is 10.5. The van der Waals surface area contributed by atoms with Gasteiger partial charge in [0.05, 0.1) is 0 Å². The van der Waals surface area contributed by atoms with Gasteiger partial charge in [0.15, 0.2) is 0 Å². The second-order valence-electron chi connectivity index (χ2n) is 7.53. The molecule has 2 aromatic heterocycles. The summed E-state index contributed by atoms with van der Waals surface area (Å²) in [5.41, 5.74) is 3.09. The molecule has 1 aliphatic rings. The van der Waals surface area contributed by atoms with Gasteiger partial charge < -0.3 is 19.5 Å². The van der Waals surface area contributed by atoms with Crippen LogP contribution < -0.4 is 10.2 Å². The monoisotopic (exact) mass is 371 g/mol. The zero-order valence-corrected chi connectivity index (χ0v) is 17.1. The van der Waals surface area contributed by atoms with Crippen LogP contribution in [0, 0.1) is 27.7 Å². The van der Waals surface area contributed by atoms with E-state index in [2.05, 4.69) is 26.3 Å². The van der Waals surface area contributed by atoms with Gasteiger partial charge in [0, 0.05) is 56.6 Å². The molecule has 0 aromatic carbocycles. The lowest BCUT2D eigenvalue weighted by atomic mass is 10.2. The zero-order chi connectivity index (χ0) is 19.7. The second-order valence-corrected chi connectivity index (χ2v) is 7.53. The lowest BCUT2D eigenvalue weighted by molar-refractivity contribution is 0.0815. The van der Waals surface area contributed by atoms with E-state index < -0.39 is 0 Å². The van der Waals surface area contributed by atoms with E-state index in [1.54, 1.807) is 14.1 Å². The summed E-state index contributed by atoms with van der Waals surface area (Å²) in [5.74, 6) is 2.89. The third-order valence-corrected chi connectivity index (χ3v) is 5.17. The van der Waals surface area contributed by atoms with Crippen LogP contribution in [-0.2, 0) is 6.54 Å². The normalized spacial score (nSPS) is 16.8. The molecule has 1 saturated heterocycles. The molecule has 7 nitrogen and oxygen atoms in total. The second kappa shape index (κ2) is 7.68. The summed E-state index contributed by atoms with van der Waals surface area (Å²) in [6.07, 6.45) is 1.04. The quantitative estimate of drug-likeness (QED) is 0.870. The van der Waals surface area contributed by atoms with Crippen LogP contribution in [0.2, 0.25) is 0 Å². The highest BCUT2D eigenvalue weighted by molar-refractivity contribution is 5.90. The maximum absolute atomic E-state index is 12.3. The molecule has 7 heteroatoms. The smallest absolute Gasteiger partial charge is 0.291 e. The number of nitrogens with one attached hydrogen (secondary N) is 1. The van der Waals surface area contributed by atoms with Crippen molar-refractivity contribution in [1.82, 2.24) is 20.2 Å². The van der Waals surface area contributed by atoms with Crippen LogP contribution in [0.3, 0.4) is 0 Å². The Morgan fingerprint density at radius 1 is 1.30 bits per heavy atom. The molecule has 2 aromatic rings. The number of furan rings is 1. The Morgan fingerprint density at radius 2 is 2.04 bits per heavy atom. The van der Waals surface area contributed by atoms with Crippen LogP contribution >= 0.6 is 0 Å². The number of nitrogens with zero attached hydrogens (tertiary/aromatic N) is 4. The Bertz CT molecular complexity index is 843. The first-order chi connectivity index (χ1) is 12.8. The Hall–Kier alpha value is -2.41. The first-order valence-electron chi connectivity index (χ1n) is 9.37. The minimum Gasteiger partial charge on any atom is -0.466 e. The van der Waals surface area contributed by atoms with Crippen LogP contribution in [0.5, 0.6) is 0 Å². The van der Waals surface area contributed by atoms with E-state index in [0.29, 0.717) is 6.04 Å². The largest absolute Gasteiger partial charge is 0.466 e. The predicted octanol–water partition coefficient (Wildman–Crippen LogP) is 2.37. The number of hydrogen-bond donors (Lipinski definition) is 1. The van der Waals surface area contributed by atoms with Gasteiger partial charge >= 0.3 is 0 Å². The number of rotatable bonds is 5. The summed E-state index contributed by atoms with van der Waals surface area (Å²) in [7, 11) is 3.44. The number of amides is 1. The van der Waals surface area contributed by atoms with Gasteiger partial charge in [0.25, 0.3) is 5.91 Å². The topological polar surface area (TPSA) is 74.5 Å². The molecular formula is C20H29N5O2. The molecule has 1 N–H and O–H groups in total. The van der Waals surface area contributed by atoms with Gasteiger partial charge in [-0.15, -0.1) is 0 Å². The number of aromatic nitrogens is 2. The van der Waals surface area contributed by atoms with Crippen molar-refractivity contribution in [2.75, 3.05) is 32.1 Å². The van der Waals surface area contributed by atoms with Crippen LogP contribution in [0.15, 0.2) is 10.5 Å². The molecule has 27 heavy (non-hydrogen) atoms. The number of carbonyl (C=O) groups is 1. The van der Waals surface area contributed by atoms with Crippen molar-refractivity contribution in [3.8, 4) is 0 Å². The van der Waals surface area contributed by atoms with Gasteiger partial charge in [0.2, 0.25) is 5.82 Å². The first kappa shape index (κ1) is 19.4. The van der Waals surface area contributed by atoms with Crippen molar-refractivity contribution >= 4 is 11.7 Å². The molecule has 0 unspecified atom stereocenters. The minimum absolute atomic E-state index is 0.168. The standard InChI is InChI=1S/C20H29N5O2/c1-12-9-16(15(4)27-12)10-21-17-7-8-25(11-17)19-13(2)14(3)22-18(23-19)20(26)24(5)6/h9,17,21H,7-8,10-11H2,1-6H3/t17-/m1/s1. The van der Waals surface area contributed by atoms with Crippen molar-refractivity contribution in [3.05, 3.63) is 40.2 Å². The predicted molar refractivity (Wildman–Crippen MR) is 105 cm³/mol. The third kappa shape index (κ3) is 4.13. The summed E-state index contributed by atoms with van der Waals surface area (Å²) in [6, 6.07) is 2.47. The highest BCUT2D eigenvalue weighted by Crippen LogP contribution is 2.24. The van der Waals surface area contributed by atoms with E-state index in [0.717, 1.165) is 54.7 Å². The average molecular weight is 371 g/mol. The van der Waals surface area contributed by atoms with E-state index in [1.807, 2.05) is 27.7 Å². The Labute approximate surface area is 160 Å². The molecule has 1 amide bonds. The molecule has 0 aliphatic carbocycles. The summed E-state index contributed by atoms with van der Waals surface area (Å²) >= 11 is 0. The van der Waals surface area contributed by atoms with Crippen molar-refractivity contribution in [1.29, 1.82) is 0 Å². The number of anilines is 1. The molecular weight excluding hydrogens is 342 g/mol. The SMILES string of the molecule is Cc1cc(CN[C@@H]2CCN(c3nc(C(=O)N(C)C)nc(C)c3C)C2)c(C)o1. The van der Waals surface area contributed by atoms with Gasteiger partial charge in [-0.1, -0.05) is 0 Å². The lowest BCUT2D eigenvalue weighted by Crippen LogP contribution is -2.33. The zero-order valence-electron chi connectivity index (χ0n) is 17.1. The van der Waals surface area contributed by atoms with Crippen LogP contribution in [-0.4, -0.2) is 54.0 Å². The summed E-state index contributed by atoms with van der Waals surface area (Å²) in [4.78, 5) is 25.0. The molecule has 146 valence electrons. The molecule has 3 heterocycles. The Kier molecular flexibility index (Phi) is 5.51. The Morgan fingerprint density at radius 3 is 2.67 bits per heavy atom. The third-order valence-electron chi connectivity index (χ3n) is 5.17. The van der Waals surface area contributed by atoms with Gasteiger partial charge in [-0.25, -0.2) is 9.97 Å². The number of aryl methyl sites for hydroxylation is 3. The first-order valence-corrected chi connectivity index (χ1v) is 9.37. The molecule has 1 aliphatic heterocycles. The van der Waals surface area contributed by atoms with Gasteiger partial charge in [-0.3, -0.25) is 4.79 Å². The van der Waals surface area contributed by atoms with Gasteiger partial charge in [-0.05, 0) is 40.2 Å². The van der Waals surface area contributed by atoms with E-state index >= 15 is 0 Å². The molecule has 1 atom stereocenters. The van der Waals surface area contributed by atoms with Crippen molar-refractivity contribution in [2.45, 2.75) is 46.7 Å². The minimum atomic E-state index is -0.168. The average Bonchev–Trinajstić information content (AvgIpc) is 3.20. The highest BCUT2D eigenvalue weighted by Gasteiger charge is 2.26. The summed E-state index contributed by atoms with van der Waals surface area (Å²) in [5, 5.41) is 3.62. The van der Waals surface area contributed by atoms with Crippen LogP contribution in [0.25, 0.3) is 0 Å². The van der Waals surface area contributed by atoms with Crippen LogP contribution in [0.4, 0.5) is 5.82 Å². The van der Waals surface area contributed by atoms with Crippen molar-refractivity contribution in [3.63, 3.8) is 0 Å². The molecule has 0 spiro atoms. The highest BCUT2D eigenvalue weighted by atomic mass is 16.3. The fraction of sp³-hybridized carbons (Fsp3) is 0.550. The van der Waals surface area contributed by atoms with Crippen molar-refractivity contribution < 1.29 is 9.21 Å². The van der Waals surface area contributed by atoms with Crippen molar-refractivity contribution in [2.24, 2.45) is 0 Å². The van der Waals surface area contributed by atoms with Gasteiger partial charge in [-0.2, -0.15) is 0 Å². The number of carbonyl (C=O) groups excluding carboxylic acids is 1. The fourth-order valence-corrected chi connectivity index (χ4v) is 3.45. The maximum Gasteiger partial charge on any atom is 0.291 e. The van der Waals surface area contributed by atoms with E-state index in [4.69, 9.17) is 4.42 Å². The maximum atomic E-state index is 12.3. The van der Waals surface area contributed by atoms with Crippen LogP contribution in [0.1, 0.15) is 45.4 Å². The molecule has 0 bridgehead atoms. The molecule has 0 radical (unpaired) electrons. The Balaban J connectivity index is 1.71. The fourth-order valence-electron chi connectivity index (χ4n) is 3.45. The van der Waals surface area contributed by atoms with Gasteiger partial charge in [0.1, 0.15) is 17.3 Å². The molecule has 0 saturated carbocycles. The molecule has 3 rings (SSSR count). The number of hydrogen-bond acceptors (Lipinski definition) is 6. The molecule has 1 fully saturated rings. The van der Waals surface area contributed by atoms with E-state index in [9.17, 15) is 4.79 Å². The summed E-state index contributed by atoms with van der Waals surface area (Å²) < 4.78 is 5.60. The lowest BCUT2D eigenvalue weighted by Gasteiger charge is -2.22. The van der Waals surface area contributed by atoms with E-state index in [1.165, 1.54) is 10.5 Å².